The number of rotatable bonds is 7. The van der Waals surface area contributed by atoms with E-state index in [1.54, 1.807) is 13.8 Å². The highest BCUT2D eigenvalue weighted by Gasteiger charge is 2.26. The van der Waals surface area contributed by atoms with E-state index in [2.05, 4.69) is 5.32 Å². The molecular formula is C12H25N3O2. The van der Waals surface area contributed by atoms with Crippen molar-refractivity contribution in [3.8, 4) is 0 Å². The molecule has 0 aromatic rings. The Morgan fingerprint density at radius 2 is 1.82 bits per heavy atom. The van der Waals surface area contributed by atoms with E-state index in [-0.39, 0.29) is 18.2 Å². The van der Waals surface area contributed by atoms with Crippen LogP contribution in [0, 0.1) is 11.8 Å². The number of amides is 2. The molecule has 0 rings (SSSR count). The topological polar surface area (TPSA) is 98.2 Å². The SMILES string of the molecule is CC(C)CC(CN)C(=O)NC(C)(C)CC(N)=O. The zero-order valence-electron chi connectivity index (χ0n) is 11.2. The van der Waals surface area contributed by atoms with E-state index in [1.165, 1.54) is 0 Å². The summed E-state index contributed by atoms with van der Waals surface area (Å²) in [6, 6.07) is 0. The van der Waals surface area contributed by atoms with Gasteiger partial charge in [0.1, 0.15) is 0 Å². The molecule has 5 nitrogen and oxygen atoms in total. The fourth-order valence-electron chi connectivity index (χ4n) is 1.79. The van der Waals surface area contributed by atoms with E-state index < -0.39 is 11.4 Å². The Balaban J connectivity index is 4.44. The lowest BCUT2D eigenvalue weighted by Gasteiger charge is -2.27. The highest BCUT2D eigenvalue weighted by Crippen LogP contribution is 2.14. The molecule has 5 heteroatoms. The number of hydrogen-bond donors (Lipinski definition) is 3. The minimum atomic E-state index is -0.618. The second-order valence-electron chi connectivity index (χ2n) is 5.58. The largest absolute Gasteiger partial charge is 0.370 e. The molecule has 2 amide bonds. The molecule has 0 heterocycles. The highest BCUT2D eigenvalue weighted by atomic mass is 16.2. The van der Waals surface area contributed by atoms with Gasteiger partial charge in [-0.15, -0.1) is 0 Å². The quantitative estimate of drug-likeness (QED) is 0.602. The molecule has 1 atom stereocenters. The summed E-state index contributed by atoms with van der Waals surface area (Å²) < 4.78 is 0. The number of carbonyl (C=O) groups excluding carboxylic acids is 2. The van der Waals surface area contributed by atoms with Gasteiger partial charge in [0, 0.05) is 18.5 Å². The van der Waals surface area contributed by atoms with Crippen molar-refractivity contribution in [2.45, 2.75) is 46.1 Å². The van der Waals surface area contributed by atoms with Gasteiger partial charge in [-0.1, -0.05) is 13.8 Å². The van der Waals surface area contributed by atoms with Crippen LogP contribution in [0.1, 0.15) is 40.5 Å². The molecule has 0 radical (unpaired) electrons. The lowest BCUT2D eigenvalue weighted by molar-refractivity contribution is -0.127. The fraction of sp³-hybridized carbons (Fsp3) is 0.833. The maximum absolute atomic E-state index is 12.0. The van der Waals surface area contributed by atoms with Gasteiger partial charge in [-0.25, -0.2) is 0 Å². The predicted molar refractivity (Wildman–Crippen MR) is 68.0 cm³/mol. The molecule has 100 valence electrons. The van der Waals surface area contributed by atoms with Gasteiger partial charge < -0.3 is 16.8 Å². The molecule has 0 fully saturated rings. The van der Waals surface area contributed by atoms with Gasteiger partial charge in [0.25, 0.3) is 0 Å². The van der Waals surface area contributed by atoms with Crippen LogP contribution in [-0.2, 0) is 9.59 Å². The van der Waals surface area contributed by atoms with Crippen molar-refractivity contribution in [1.82, 2.24) is 5.32 Å². The van der Waals surface area contributed by atoms with Gasteiger partial charge in [0.2, 0.25) is 11.8 Å². The van der Waals surface area contributed by atoms with Crippen molar-refractivity contribution >= 4 is 11.8 Å². The van der Waals surface area contributed by atoms with Gasteiger partial charge in [0.05, 0.1) is 5.92 Å². The third-order valence-electron chi connectivity index (χ3n) is 2.49. The third kappa shape index (κ3) is 6.94. The zero-order valence-corrected chi connectivity index (χ0v) is 11.2. The molecule has 17 heavy (non-hydrogen) atoms. The Kier molecular flexibility index (Phi) is 6.16. The summed E-state index contributed by atoms with van der Waals surface area (Å²) in [5.41, 5.74) is 10.1. The van der Waals surface area contributed by atoms with E-state index in [1.807, 2.05) is 13.8 Å². The van der Waals surface area contributed by atoms with E-state index >= 15 is 0 Å². The standard InChI is InChI=1S/C12H25N3O2/c1-8(2)5-9(7-13)11(17)15-12(3,4)6-10(14)16/h8-9H,5-7,13H2,1-4H3,(H2,14,16)(H,15,17). The zero-order chi connectivity index (χ0) is 13.6. The van der Waals surface area contributed by atoms with E-state index in [0.717, 1.165) is 6.42 Å². The van der Waals surface area contributed by atoms with Crippen LogP contribution in [0.2, 0.25) is 0 Å². The Morgan fingerprint density at radius 3 is 2.18 bits per heavy atom. The van der Waals surface area contributed by atoms with Crippen molar-refractivity contribution in [3.05, 3.63) is 0 Å². The summed E-state index contributed by atoms with van der Waals surface area (Å²) in [5.74, 6) is -0.327. The maximum atomic E-state index is 12.0. The average Bonchev–Trinajstić information content (AvgIpc) is 2.10. The lowest BCUT2D eigenvalue weighted by atomic mass is 9.93. The van der Waals surface area contributed by atoms with Gasteiger partial charge in [0.15, 0.2) is 0 Å². The average molecular weight is 243 g/mol. The highest BCUT2D eigenvalue weighted by molar-refractivity contribution is 5.81. The van der Waals surface area contributed by atoms with Gasteiger partial charge in [-0.2, -0.15) is 0 Å². The molecule has 0 aromatic heterocycles. The van der Waals surface area contributed by atoms with Gasteiger partial charge in [-0.05, 0) is 26.2 Å². The van der Waals surface area contributed by atoms with Crippen molar-refractivity contribution in [2.24, 2.45) is 23.3 Å². The first-order chi connectivity index (χ1) is 7.68. The second kappa shape index (κ2) is 6.59. The molecule has 0 aliphatic rings. The first-order valence-electron chi connectivity index (χ1n) is 5.98. The normalized spacial score (nSPS) is 13.5. The molecule has 0 saturated heterocycles. The molecule has 0 aliphatic heterocycles. The van der Waals surface area contributed by atoms with Crippen molar-refractivity contribution in [1.29, 1.82) is 0 Å². The Labute approximate surface area is 103 Å². The van der Waals surface area contributed by atoms with Crippen molar-refractivity contribution in [2.75, 3.05) is 6.54 Å². The first-order valence-corrected chi connectivity index (χ1v) is 5.98. The second-order valence-corrected chi connectivity index (χ2v) is 5.58. The number of carbonyl (C=O) groups is 2. The summed E-state index contributed by atoms with van der Waals surface area (Å²) in [5, 5.41) is 2.82. The van der Waals surface area contributed by atoms with Crippen LogP contribution in [0.4, 0.5) is 0 Å². The van der Waals surface area contributed by atoms with Crippen LogP contribution in [0.15, 0.2) is 0 Å². The Morgan fingerprint density at radius 1 is 1.29 bits per heavy atom. The maximum Gasteiger partial charge on any atom is 0.224 e. The summed E-state index contributed by atoms with van der Waals surface area (Å²) in [4.78, 5) is 22.8. The monoisotopic (exact) mass is 243 g/mol. The third-order valence-corrected chi connectivity index (χ3v) is 2.49. The van der Waals surface area contributed by atoms with E-state index in [4.69, 9.17) is 11.5 Å². The summed E-state index contributed by atoms with van der Waals surface area (Å²) in [7, 11) is 0. The number of nitrogens with two attached hydrogens (primary N) is 2. The van der Waals surface area contributed by atoms with Crippen LogP contribution < -0.4 is 16.8 Å². The van der Waals surface area contributed by atoms with Crippen LogP contribution in [-0.4, -0.2) is 23.9 Å². The number of hydrogen-bond acceptors (Lipinski definition) is 3. The first kappa shape index (κ1) is 15.9. The fourth-order valence-corrected chi connectivity index (χ4v) is 1.79. The summed E-state index contributed by atoms with van der Waals surface area (Å²) >= 11 is 0. The predicted octanol–water partition coefficient (Wildman–Crippen LogP) is 0.378. The molecule has 1 unspecified atom stereocenters. The molecule has 5 N–H and O–H groups in total. The van der Waals surface area contributed by atoms with Crippen LogP contribution in [0.3, 0.4) is 0 Å². The van der Waals surface area contributed by atoms with Crippen molar-refractivity contribution in [3.63, 3.8) is 0 Å². The van der Waals surface area contributed by atoms with Crippen molar-refractivity contribution < 1.29 is 9.59 Å². The van der Waals surface area contributed by atoms with Crippen LogP contribution >= 0.6 is 0 Å². The number of primary amides is 1. The lowest BCUT2D eigenvalue weighted by Crippen LogP contribution is -2.49. The summed E-state index contributed by atoms with van der Waals surface area (Å²) in [6.45, 7) is 7.96. The van der Waals surface area contributed by atoms with Crippen LogP contribution in [0.25, 0.3) is 0 Å². The Hall–Kier alpha value is -1.10. The Bertz CT molecular complexity index is 275. The smallest absolute Gasteiger partial charge is 0.224 e. The molecular weight excluding hydrogens is 218 g/mol. The minimum Gasteiger partial charge on any atom is -0.370 e. The summed E-state index contributed by atoms with van der Waals surface area (Å²) in [6.07, 6.45) is 0.868. The molecule has 0 aromatic carbocycles. The van der Waals surface area contributed by atoms with E-state index in [9.17, 15) is 9.59 Å². The molecule has 0 spiro atoms. The molecule has 0 saturated carbocycles. The number of nitrogens with one attached hydrogen (secondary N) is 1. The molecule has 0 bridgehead atoms. The van der Waals surface area contributed by atoms with E-state index in [0.29, 0.717) is 12.5 Å². The minimum absolute atomic E-state index is 0.104. The molecule has 0 aliphatic carbocycles. The van der Waals surface area contributed by atoms with Gasteiger partial charge in [-0.3, -0.25) is 9.59 Å². The van der Waals surface area contributed by atoms with Gasteiger partial charge >= 0.3 is 0 Å². The van der Waals surface area contributed by atoms with Crippen LogP contribution in [0.5, 0.6) is 0 Å².